The Morgan fingerprint density at radius 3 is 1.24 bits per heavy atom. The van der Waals surface area contributed by atoms with Crippen LogP contribution in [0.1, 0.15) is 61.6 Å². The molecule has 0 aliphatic heterocycles. The van der Waals surface area contributed by atoms with E-state index < -0.39 is 5.97 Å². The average molecular weight is 1200 g/mol. The maximum Gasteiger partial charge on any atom is 0.341 e. The number of carbonyl (C=O) groups is 2. The number of aryl methyl sites for hydroxylation is 3. The molecule has 0 spiro atoms. The Bertz CT molecular complexity index is 2770. The summed E-state index contributed by atoms with van der Waals surface area (Å²) >= 11 is 2.97. The van der Waals surface area contributed by atoms with E-state index in [0.29, 0.717) is 47.8 Å². The molecule has 3 atom stereocenters. The number of nitrogens with one attached hydrogen (secondary N) is 2. The van der Waals surface area contributed by atoms with Gasteiger partial charge in [0.05, 0.1) is 72.1 Å². The van der Waals surface area contributed by atoms with Crippen molar-refractivity contribution < 1.29 is 71.1 Å². The number of ether oxygens (including phenoxy) is 6. The zero-order valence-corrected chi connectivity index (χ0v) is 49.5. The molecule has 0 aliphatic rings. The van der Waals surface area contributed by atoms with Crippen LogP contribution in [0.15, 0.2) is 142 Å². The Kier molecular flexibility index (Phi) is 36.4. The van der Waals surface area contributed by atoms with E-state index in [4.69, 9.17) is 65.6 Å². The highest BCUT2D eigenvalue weighted by Crippen LogP contribution is 2.33. The van der Waals surface area contributed by atoms with E-state index in [1.54, 1.807) is 27.4 Å². The molecule has 0 bridgehead atoms. The first-order valence-electron chi connectivity index (χ1n) is 25.2. The summed E-state index contributed by atoms with van der Waals surface area (Å²) in [5.74, 6) is 17.8. The Labute approximate surface area is 494 Å². The van der Waals surface area contributed by atoms with E-state index in [0.717, 1.165) is 109 Å². The summed E-state index contributed by atoms with van der Waals surface area (Å²) in [4.78, 5) is 37.0. The number of carboxylic acids is 1. The number of carbonyl (C=O) groups excluding carboxylic acids is 1. The zero-order chi connectivity index (χ0) is 59.4. The molecular weight excluding hydrogens is 1120 g/mol. The number of aliphatic carboxylic acids is 1. The zero-order valence-electron chi connectivity index (χ0n) is 47.0. The molecule has 11 N–H and O–H groups in total. The molecule has 0 aliphatic carbocycles. The van der Waals surface area contributed by atoms with Gasteiger partial charge in [0.1, 0.15) is 41.1 Å². The fraction of sp³-hybridized carbons (Fsp3) is 0.345. The van der Waals surface area contributed by atoms with Gasteiger partial charge in [-0.15, -0.1) is 28.0 Å². The number of para-hydroxylation sites is 3. The van der Waals surface area contributed by atoms with Crippen LogP contribution < -0.4 is 62.5 Å². The van der Waals surface area contributed by atoms with Crippen LogP contribution in [0.3, 0.4) is 0 Å². The number of amides is 1. The van der Waals surface area contributed by atoms with Gasteiger partial charge in [0.15, 0.2) is 13.2 Å². The Morgan fingerprint density at radius 1 is 0.512 bits per heavy atom. The van der Waals surface area contributed by atoms with E-state index >= 15 is 0 Å². The van der Waals surface area contributed by atoms with Crippen molar-refractivity contribution in [3.8, 4) is 34.5 Å². The fourth-order valence-electron chi connectivity index (χ4n) is 7.33. The second-order valence-electron chi connectivity index (χ2n) is 17.7. The van der Waals surface area contributed by atoms with E-state index in [-0.39, 0.29) is 38.6 Å². The third kappa shape index (κ3) is 28.6. The molecule has 6 aromatic rings. The summed E-state index contributed by atoms with van der Waals surface area (Å²) in [7, 11) is 4.77. The highest BCUT2D eigenvalue weighted by atomic mass is 32.2. The van der Waals surface area contributed by atoms with Crippen LogP contribution in [-0.4, -0.2) is 82.8 Å². The van der Waals surface area contributed by atoms with Gasteiger partial charge in [-0.1, -0.05) is 80.2 Å². The molecule has 6 rings (SSSR count). The summed E-state index contributed by atoms with van der Waals surface area (Å²) in [5, 5.41) is 14.7. The van der Waals surface area contributed by atoms with Crippen molar-refractivity contribution in [2.24, 2.45) is 23.4 Å². The predicted octanol–water partition coefficient (Wildman–Crippen LogP) is 9.90. The summed E-state index contributed by atoms with van der Waals surface area (Å²) < 4.78 is 46.2. The lowest BCUT2D eigenvalue weighted by molar-refractivity contribution is -0.195. The van der Waals surface area contributed by atoms with E-state index in [9.17, 15) is 9.59 Å². The average Bonchev–Trinajstić information content (AvgIpc) is 3.49. The molecule has 6 aromatic carbocycles. The number of benzene rings is 6. The molecule has 82 heavy (non-hydrogen) atoms. The van der Waals surface area contributed by atoms with Gasteiger partial charge < -0.3 is 49.9 Å². The second-order valence-corrected chi connectivity index (χ2v) is 20.0. The molecule has 0 heterocycles. The van der Waals surface area contributed by atoms with Gasteiger partial charge in [0.25, 0.3) is 5.91 Å². The number of hydrogen-bond donors (Lipinski definition) is 7. The van der Waals surface area contributed by atoms with Crippen molar-refractivity contribution in [2.75, 3.05) is 47.7 Å². The minimum absolute atomic E-state index is 0. The molecule has 24 heteroatoms. The first-order chi connectivity index (χ1) is 39.0. The molecule has 21 nitrogen and oxygen atoms in total. The molecule has 0 saturated heterocycles. The fourth-order valence-corrected chi connectivity index (χ4v) is 8.97. The lowest BCUT2D eigenvalue weighted by atomic mass is 10.1. The minimum atomic E-state index is -0.960. The Balaban J connectivity index is 0.000000389. The van der Waals surface area contributed by atoms with Gasteiger partial charge in [-0.25, -0.2) is 4.79 Å². The maximum atomic E-state index is 12.1. The van der Waals surface area contributed by atoms with Crippen molar-refractivity contribution in [2.45, 2.75) is 101 Å². The number of rotatable bonds is 30. The van der Waals surface area contributed by atoms with Gasteiger partial charge in [-0.05, 0) is 149 Å². The SMILES string of the molecule is C.COc1ccc(C[C@@H](C)N)cc1SOON.COc1ccc(C[C@@H](C)NC(=O)COc2ccccc2C)cc1SOON.COc1ccc(C[C@@H](C)NCCOc2ccccc2C)cc1SOON.Cc1ccccc1OCC(=O)O. The minimum Gasteiger partial charge on any atom is -0.495 e. The van der Waals surface area contributed by atoms with Gasteiger partial charge in [-0.3, -0.25) is 4.79 Å². The monoisotopic (exact) mass is 1200 g/mol. The summed E-state index contributed by atoms with van der Waals surface area (Å²) in [6.07, 6.45) is 2.30. The van der Waals surface area contributed by atoms with Gasteiger partial charge in [-0.2, -0.15) is 17.7 Å². The van der Waals surface area contributed by atoms with E-state index in [1.165, 1.54) is 0 Å². The maximum absolute atomic E-state index is 12.1. The quantitative estimate of drug-likeness (QED) is 0.00955. The van der Waals surface area contributed by atoms with E-state index in [2.05, 4.69) is 36.9 Å². The Morgan fingerprint density at radius 2 is 0.878 bits per heavy atom. The van der Waals surface area contributed by atoms with Crippen LogP contribution in [0.4, 0.5) is 0 Å². The normalized spacial score (nSPS) is 11.5. The number of methoxy groups -OCH3 is 3. The molecule has 0 unspecified atom stereocenters. The van der Waals surface area contributed by atoms with Crippen LogP contribution in [0.2, 0.25) is 0 Å². The van der Waals surface area contributed by atoms with Gasteiger partial charge in [0.2, 0.25) is 0 Å². The van der Waals surface area contributed by atoms with Crippen molar-refractivity contribution in [3.63, 3.8) is 0 Å². The van der Waals surface area contributed by atoms with Gasteiger partial charge >= 0.3 is 5.97 Å². The molecule has 1 amide bonds. The van der Waals surface area contributed by atoms with Crippen molar-refractivity contribution in [1.82, 2.24) is 10.6 Å². The van der Waals surface area contributed by atoms with Crippen molar-refractivity contribution >= 4 is 48.0 Å². The molecule has 0 radical (unpaired) electrons. The topological polar surface area (TPSA) is 293 Å². The van der Waals surface area contributed by atoms with Crippen LogP contribution >= 0.6 is 36.1 Å². The molecule has 0 saturated carbocycles. The van der Waals surface area contributed by atoms with Gasteiger partial charge in [0, 0.05) is 24.7 Å². The van der Waals surface area contributed by atoms with Crippen LogP contribution in [0.5, 0.6) is 34.5 Å². The van der Waals surface area contributed by atoms with Crippen molar-refractivity contribution in [3.05, 3.63) is 161 Å². The van der Waals surface area contributed by atoms with Crippen LogP contribution in [0, 0.1) is 20.8 Å². The number of hydrogen-bond acceptors (Lipinski definition) is 22. The highest BCUT2D eigenvalue weighted by molar-refractivity contribution is 7.95. The summed E-state index contributed by atoms with van der Waals surface area (Å²) in [6.45, 7) is 13.0. The molecular formula is C58H80N6O15S3. The second kappa shape index (κ2) is 41.6. The molecule has 0 fully saturated rings. The lowest BCUT2D eigenvalue weighted by Crippen LogP contribution is -2.37. The standard InChI is InChI=1S/C19H24N2O5S.C19H26N2O4S.C10H16N2O3S.C9H10O3.CH4/c1-13-6-4-5-7-16(13)24-12-19(22)21-14(2)10-15-8-9-17(23-3)18(11-15)27-26-25-20;1-14-6-4-5-7-17(14)23-11-10-21-15(2)12-16-8-9-18(22-3)19(13-16)26-25-24-20;1-7(11)5-8-3-4-9(13-2)10(6-8)16-15-14-12;1-7-4-2-3-5-8(7)12-6-9(10)11;/h4-9,11,14H,10,12,20H2,1-3H3,(H,21,22);4-9,13,15,21H,10-12,20H2,1-3H3;3-4,6-7H,5,11-12H2,1-2H3;2-5H,6H2,1H3,(H,10,11);1H4/t14-;15-;7-;;/m111../s1. The smallest absolute Gasteiger partial charge is 0.341 e. The molecule has 0 aromatic heterocycles. The van der Waals surface area contributed by atoms with E-state index in [1.807, 2.05) is 156 Å². The number of carboxylic acid groups (broad SMARTS) is 1. The van der Waals surface area contributed by atoms with Crippen LogP contribution in [0.25, 0.3) is 0 Å². The number of nitrogens with two attached hydrogens (primary N) is 4. The predicted molar refractivity (Wildman–Crippen MR) is 320 cm³/mol. The lowest BCUT2D eigenvalue weighted by Gasteiger charge is -2.16. The largest absolute Gasteiger partial charge is 0.495 e. The summed E-state index contributed by atoms with van der Waals surface area (Å²) in [6, 6.07) is 40.6. The third-order valence-electron chi connectivity index (χ3n) is 11.1. The van der Waals surface area contributed by atoms with Crippen molar-refractivity contribution in [1.29, 1.82) is 0 Å². The highest BCUT2D eigenvalue weighted by Gasteiger charge is 2.14. The third-order valence-corrected chi connectivity index (χ3v) is 13.0. The first kappa shape index (κ1) is 71.8. The summed E-state index contributed by atoms with van der Waals surface area (Å²) in [5.41, 5.74) is 12.1. The van der Waals surface area contributed by atoms with Crippen LogP contribution in [-0.2, 0) is 56.8 Å². The molecule has 450 valence electrons. The first-order valence-corrected chi connectivity index (χ1v) is 27.4. The Hall–Kier alpha value is -6.33.